The fraction of sp³-hybridized carbons (Fsp3) is 0.413. The van der Waals surface area contributed by atoms with Crippen LogP contribution in [0.15, 0.2) is 54.6 Å². The number of unbranched alkanes of at least 4 members (excludes halogenated alkanes) is 1. The van der Waals surface area contributed by atoms with E-state index in [0.717, 1.165) is 42.8 Å². The number of nitrogen functional groups attached to an aromatic ring is 1. The zero-order chi connectivity index (χ0) is 52.3. The number of aryl methyl sites for hydroxylation is 2. The van der Waals surface area contributed by atoms with Gasteiger partial charge in [-0.25, -0.2) is 19.9 Å². The quantitative estimate of drug-likeness (QED) is 0.0498. The van der Waals surface area contributed by atoms with Crippen LogP contribution in [-0.2, 0) is 42.2 Å². The van der Waals surface area contributed by atoms with Gasteiger partial charge in [0.15, 0.2) is 17.3 Å². The van der Waals surface area contributed by atoms with Crippen LogP contribution in [0.25, 0.3) is 22.5 Å². The Morgan fingerprint density at radius 2 is 1.58 bits per heavy atom. The number of phenols is 1. The van der Waals surface area contributed by atoms with Crippen LogP contribution < -0.4 is 52.5 Å². The smallest absolute Gasteiger partial charge is 0.326 e. The number of ether oxygens (including phenoxy) is 2. The Kier molecular flexibility index (Phi) is 18.7. The lowest BCUT2D eigenvalue weighted by molar-refractivity contribution is -0.143. The van der Waals surface area contributed by atoms with Crippen LogP contribution in [-0.4, -0.2) is 144 Å². The van der Waals surface area contributed by atoms with Crippen LogP contribution in [0.2, 0.25) is 0 Å². The summed E-state index contributed by atoms with van der Waals surface area (Å²) in [6.45, 7) is 2.64. The van der Waals surface area contributed by atoms with Crippen molar-refractivity contribution in [1.82, 2.24) is 35.5 Å². The summed E-state index contributed by atoms with van der Waals surface area (Å²) in [4.78, 5) is 79.4. The number of carbonyl (C=O) groups is 5. The molecule has 0 aliphatic carbocycles. The molecule has 0 spiro atoms. The molecule has 0 radical (unpaired) electrons. The number of carbonyl (C=O) groups excluding carboxylic acids is 4. The Morgan fingerprint density at radius 3 is 2.17 bits per heavy atom. The molecule has 1 aliphatic heterocycles. The monoisotopic (exact) mass is 1010 g/mol. The number of benzene rings is 3. The number of rotatable bonds is 20. The Balaban J connectivity index is 1.66. The van der Waals surface area contributed by atoms with Crippen LogP contribution in [0.1, 0.15) is 65.5 Å². The number of carboxylic acids is 1. The fourth-order valence-electron chi connectivity index (χ4n) is 7.50. The molecule has 16 N–H and O–H groups in total. The van der Waals surface area contributed by atoms with Gasteiger partial charge in [-0.2, -0.15) is 13.1 Å². The molecule has 384 valence electrons. The number of carboxylic acid groups (broad SMARTS) is 1. The predicted molar refractivity (Wildman–Crippen MR) is 259 cm³/mol. The first-order chi connectivity index (χ1) is 33.5. The second-order valence-corrected chi connectivity index (χ2v) is 18.3. The fourth-order valence-corrected chi connectivity index (χ4v) is 7.90. The highest BCUT2D eigenvalue weighted by atomic mass is 32.2. The Bertz CT molecular complexity index is 2690. The average Bonchev–Trinajstić information content (AvgIpc) is 3.32. The van der Waals surface area contributed by atoms with Crippen molar-refractivity contribution in [1.29, 1.82) is 0 Å². The molecule has 0 saturated heterocycles. The molecule has 1 aliphatic rings. The van der Waals surface area contributed by atoms with Crippen molar-refractivity contribution in [2.24, 2.45) is 16.6 Å². The highest BCUT2D eigenvalue weighted by Crippen LogP contribution is 2.45. The van der Waals surface area contributed by atoms with Gasteiger partial charge >= 0.3 is 5.97 Å². The summed E-state index contributed by atoms with van der Waals surface area (Å²) in [6, 6.07) is 7.52. The molecule has 0 unspecified atom stereocenters. The third-order valence-corrected chi connectivity index (χ3v) is 12.0. The molecule has 6 atom stereocenters. The molecule has 1 aromatic heterocycles. The zero-order valence-electron chi connectivity index (χ0n) is 39.5. The number of aliphatic hydroxyl groups excluding tert-OH is 2. The van der Waals surface area contributed by atoms with Gasteiger partial charge in [0.05, 0.1) is 5.69 Å². The normalized spacial score (nSPS) is 17.4. The van der Waals surface area contributed by atoms with E-state index in [2.05, 4.69) is 32.8 Å². The molecule has 0 fully saturated rings. The minimum Gasteiger partial charge on any atom is -0.504 e. The van der Waals surface area contributed by atoms with E-state index in [-0.39, 0.29) is 77.2 Å². The van der Waals surface area contributed by atoms with Crippen molar-refractivity contribution in [3.63, 3.8) is 0 Å². The number of aromatic nitrogens is 2. The predicted octanol–water partition coefficient (Wildman–Crippen LogP) is -1.13. The maximum atomic E-state index is 14.9. The number of aliphatic carboxylic acids is 1. The maximum absolute atomic E-state index is 14.9. The van der Waals surface area contributed by atoms with E-state index in [1.807, 2.05) is 29.0 Å². The van der Waals surface area contributed by atoms with Crippen LogP contribution in [0, 0.1) is 6.92 Å². The first-order valence-electron chi connectivity index (χ1n) is 22.5. The van der Waals surface area contributed by atoms with E-state index in [0.29, 0.717) is 11.1 Å². The van der Waals surface area contributed by atoms with Crippen molar-refractivity contribution >= 4 is 45.6 Å². The van der Waals surface area contributed by atoms with E-state index in [1.165, 1.54) is 38.1 Å². The van der Waals surface area contributed by atoms with Gasteiger partial charge in [-0.15, -0.1) is 0 Å². The topological polar surface area (TPSA) is 400 Å². The van der Waals surface area contributed by atoms with Gasteiger partial charge in [-0.3, -0.25) is 19.2 Å². The van der Waals surface area contributed by atoms with Gasteiger partial charge in [0.2, 0.25) is 17.7 Å². The lowest BCUT2D eigenvalue weighted by atomic mass is 9.93. The summed E-state index contributed by atoms with van der Waals surface area (Å²) in [5, 5.41) is 55.3. The number of aliphatic hydroxyl groups is 2. The first-order valence-corrected chi connectivity index (χ1v) is 24.0. The standard InChI is InChI=1S/C46H61N11O13S/c1-5-6-7-25-8-11-27(12-9-25)41-52-23(2)37(40(49)56-41)43(62)55-34(20-51-71(50,67)68)45(64)57(4)38-28-16-32(39(60)36(17-28)70-22-30(59)19-48)31-14-26(10-13-35(31)69-21-29(58)18-47)15-33(46(65)66)54-42(61)24(3)53-44(38)63/h8-14,16-17,24,29-30,33-34,38,51,58-60H,5-7,15,18-22,47-48H2,1-4H3,(H,53,63)(H,54,61)(H,55,62)(H,65,66)(H2,49,52,56)(H2,50,67,68)/t24-,29+,30+,33-,34-,38-/m0/s1. The van der Waals surface area contributed by atoms with Crippen LogP contribution in [0.5, 0.6) is 17.2 Å². The average molecular weight is 1010 g/mol. The van der Waals surface area contributed by atoms with E-state index in [9.17, 15) is 52.8 Å². The third kappa shape index (κ3) is 14.3. The molecule has 71 heavy (non-hydrogen) atoms. The molecular weight excluding hydrogens is 947 g/mol. The highest BCUT2D eigenvalue weighted by molar-refractivity contribution is 7.87. The Hall–Kier alpha value is -7.00. The van der Waals surface area contributed by atoms with Crippen molar-refractivity contribution in [3.05, 3.63) is 82.5 Å². The molecule has 4 aromatic rings. The van der Waals surface area contributed by atoms with Crippen LogP contribution in [0.4, 0.5) is 5.82 Å². The third-order valence-electron chi connectivity index (χ3n) is 11.4. The maximum Gasteiger partial charge on any atom is 0.326 e. The highest BCUT2D eigenvalue weighted by Gasteiger charge is 2.38. The second-order valence-electron chi connectivity index (χ2n) is 16.9. The number of hydrogen-bond acceptors (Lipinski definition) is 17. The lowest BCUT2D eigenvalue weighted by Crippen LogP contribution is -2.57. The van der Waals surface area contributed by atoms with Crippen molar-refractivity contribution in [2.45, 2.75) is 82.8 Å². The van der Waals surface area contributed by atoms with E-state index in [1.54, 1.807) is 0 Å². The van der Waals surface area contributed by atoms with Gasteiger partial charge < -0.3 is 68.0 Å². The van der Waals surface area contributed by atoms with E-state index < -0.39 is 95.1 Å². The molecule has 5 rings (SSSR count). The number of hydrogen-bond donors (Lipinski definition) is 12. The number of likely N-dealkylation sites (N-methyl/N-ethyl adjacent to an activating group) is 1. The summed E-state index contributed by atoms with van der Waals surface area (Å²) in [6.07, 6.45) is 0.188. The molecule has 3 aromatic carbocycles. The Labute approximate surface area is 409 Å². The number of fused-ring (bicyclic) bond motifs is 5. The van der Waals surface area contributed by atoms with Gasteiger partial charge in [0.1, 0.15) is 66.7 Å². The molecule has 25 heteroatoms. The lowest BCUT2D eigenvalue weighted by Gasteiger charge is -2.33. The number of aromatic hydroxyl groups is 1. The van der Waals surface area contributed by atoms with Crippen molar-refractivity contribution < 1.29 is 62.3 Å². The molecule has 24 nitrogen and oxygen atoms in total. The summed E-state index contributed by atoms with van der Waals surface area (Å²) in [7, 11) is -3.42. The van der Waals surface area contributed by atoms with Crippen LogP contribution >= 0.6 is 0 Å². The minimum absolute atomic E-state index is 0.00689. The molecule has 2 heterocycles. The van der Waals surface area contributed by atoms with Gasteiger partial charge in [-0.05, 0) is 67.6 Å². The zero-order valence-corrected chi connectivity index (χ0v) is 40.4. The van der Waals surface area contributed by atoms with E-state index in [4.69, 9.17) is 31.8 Å². The number of nitrogens with zero attached hydrogens (tertiary/aromatic N) is 3. The molecular formula is C46H61N11O13S. The van der Waals surface area contributed by atoms with Crippen molar-refractivity contribution in [2.75, 3.05) is 45.6 Å². The van der Waals surface area contributed by atoms with Gasteiger partial charge in [0.25, 0.3) is 16.1 Å². The van der Waals surface area contributed by atoms with Gasteiger partial charge in [-0.1, -0.05) is 43.7 Å². The first kappa shape index (κ1) is 54.9. The number of phenolic OH excluding ortho intramolecular Hbond substituents is 1. The number of amides is 4. The summed E-state index contributed by atoms with van der Waals surface area (Å²) >= 11 is 0. The van der Waals surface area contributed by atoms with E-state index >= 15 is 0 Å². The largest absolute Gasteiger partial charge is 0.504 e. The molecule has 0 saturated carbocycles. The molecule has 4 bridgehead atoms. The number of anilines is 1. The Morgan fingerprint density at radius 1 is 0.930 bits per heavy atom. The second kappa shape index (κ2) is 24.2. The summed E-state index contributed by atoms with van der Waals surface area (Å²) in [5.74, 6) is -6.65. The number of nitrogens with two attached hydrogens (primary N) is 4. The van der Waals surface area contributed by atoms with Gasteiger partial charge in [0, 0.05) is 49.8 Å². The van der Waals surface area contributed by atoms with Crippen LogP contribution in [0.3, 0.4) is 0 Å². The minimum atomic E-state index is -4.54. The summed E-state index contributed by atoms with van der Waals surface area (Å²) < 4.78 is 38.3. The molecule has 4 amide bonds. The summed E-state index contributed by atoms with van der Waals surface area (Å²) in [5.41, 5.74) is 19.2. The van der Waals surface area contributed by atoms with Crippen molar-refractivity contribution in [3.8, 4) is 39.8 Å². The number of nitrogens with one attached hydrogen (secondary N) is 4. The SMILES string of the molecule is CCCCc1ccc(-c2nc(C)c(C(=O)N[C@@H](CNS(N)(=O)=O)C(=O)N(C)[C@@H]3C(=O)N[C@@H](C)C(=O)N[C@H](C(=O)O)Cc4ccc(OC[C@H](O)CN)c(c4)-c4cc3cc(OC[C@H](O)CN)c4O)c(N)n2)cc1.